The van der Waals surface area contributed by atoms with Gasteiger partial charge in [0.2, 0.25) is 11.8 Å². The lowest BCUT2D eigenvalue weighted by Gasteiger charge is -2.30. The summed E-state index contributed by atoms with van der Waals surface area (Å²) in [7, 11) is 1.66. The summed E-state index contributed by atoms with van der Waals surface area (Å²) < 4.78 is 5.51. The van der Waals surface area contributed by atoms with Crippen LogP contribution in [0.2, 0.25) is 0 Å². The minimum absolute atomic E-state index is 0.00729. The maximum absolute atomic E-state index is 11.6. The number of hydrogen-bond donors (Lipinski definition) is 1. The predicted octanol–water partition coefficient (Wildman–Crippen LogP) is 0.813. The first-order chi connectivity index (χ1) is 8.74. The summed E-state index contributed by atoms with van der Waals surface area (Å²) >= 11 is 5.62. The van der Waals surface area contributed by atoms with E-state index >= 15 is 0 Å². The second kappa shape index (κ2) is 6.04. The summed E-state index contributed by atoms with van der Waals surface area (Å²) in [6.07, 6.45) is 2.42. The van der Waals surface area contributed by atoms with Crippen LogP contribution in [0.15, 0.2) is 4.42 Å². The van der Waals surface area contributed by atoms with Gasteiger partial charge in [-0.25, -0.2) is 0 Å². The molecule has 2 heterocycles. The van der Waals surface area contributed by atoms with Crippen molar-refractivity contribution in [2.24, 2.45) is 5.92 Å². The molecule has 1 atom stereocenters. The van der Waals surface area contributed by atoms with Crippen molar-refractivity contribution in [1.29, 1.82) is 0 Å². The first-order valence-electron chi connectivity index (χ1n) is 6.09. The fourth-order valence-corrected chi connectivity index (χ4v) is 2.29. The van der Waals surface area contributed by atoms with E-state index < -0.39 is 0 Å². The molecular weight excluding hydrogens is 256 g/mol. The van der Waals surface area contributed by atoms with Crippen LogP contribution in [0, 0.1) is 5.92 Å². The third-order valence-electron chi connectivity index (χ3n) is 3.07. The molecule has 1 unspecified atom stereocenters. The molecular formula is C11H17ClN4O2. The Morgan fingerprint density at radius 2 is 2.44 bits per heavy atom. The normalized spacial score (nSPS) is 19.9. The number of carbonyl (C=O) groups excluding carboxylic acids is 1. The fourth-order valence-electron chi connectivity index (χ4n) is 2.12. The van der Waals surface area contributed by atoms with E-state index in [1.54, 1.807) is 7.05 Å². The van der Waals surface area contributed by atoms with Gasteiger partial charge in [0.25, 0.3) is 0 Å². The number of halogens is 1. The lowest BCUT2D eigenvalue weighted by molar-refractivity contribution is -0.124. The van der Waals surface area contributed by atoms with Crippen molar-refractivity contribution < 1.29 is 9.21 Å². The molecule has 2 rings (SSSR count). The quantitative estimate of drug-likeness (QED) is 0.822. The lowest BCUT2D eigenvalue weighted by Crippen LogP contribution is -2.42. The smallest absolute Gasteiger partial charge is 0.318 e. The van der Waals surface area contributed by atoms with Gasteiger partial charge in [0, 0.05) is 32.4 Å². The number of piperidine rings is 1. The van der Waals surface area contributed by atoms with Gasteiger partial charge < -0.3 is 14.6 Å². The molecule has 0 aliphatic carbocycles. The molecule has 1 saturated heterocycles. The highest BCUT2D eigenvalue weighted by Gasteiger charge is 2.27. The maximum atomic E-state index is 11.6. The number of nitrogens with zero attached hydrogens (tertiary/aromatic N) is 3. The van der Waals surface area contributed by atoms with Crippen molar-refractivity contribution >= 4 is 23.5 Å². The number of aryl methyl sites for hydroxylation is 1. The average Bonchev–Trinajstić information content (AvgIpc) is 2.87. The molecule has 1 aliphatic rings. The van der Waals surface area contributed by atoms with Gasteiger partial charge in [0.05, 0.1) is 5.92 Å². The van der Waals surface area contributed by atoms with Crippen molar-refractivity contribution in [2.45, 2.75) is 19.3 Å². The topological polar surface area (TPSA) is 71.3 Å². The van der Waals surface area contributed by atoms with Crippen LogP contribution < -0.4 is 10.2 Å². The zero-order valence-electron chi connectivity index (χ0n) is 10.4. The van der Waals surface area contributed by atoms with Crippen LogP contribution >= 0.6 is 11.6 Å². The Bertz CT molecular complexity index is 410. The van der Waals surface area contributed by atoms with Crippen LogP contribution in [0.5, 0.6) is 0 Å². The summed E-state index contributed by atoms with van der Waals surface area (Å²) in [5, 5.41) is 10.6. The molecule has 0 radical (unpaired) electrons. The van der Waals surface area contributed by atoms with Gasteiger partial charge in [-0.1, -0.05) is 5.10 Å². The number of amides is 1. The minimum atomic E-state index is -0.00729. The van der Waals surface area contributed by atoms with E-state index in [0.29, 0.717) is 30.8 Å². The van der Waals surface area contributed by atoms with E-state index in [1.165, 1.54) is 0 Å². The minimum Gasteiger partial charge on any atom is -0.408 e. The Labute approximate surface area is 111 Å². The van der Waals surface area contributed by atoms with Gasteiger partial charge >= 0.3 is 6.01 Å². The van der Waals surface area contributed by atoms with Crippen molar-refractivity contribution in [2.75, 3.05) is 30.9 Å². The van der Waals surface area contributed by atoms with E-state index in [4.69, 9.17) is 16.0 Å². The van der Waals surface area contributed by atoms with Crippen LogP contribution in [0.1, 0.15) is 18.7 Å². The van der Waals surface area contributed by atoms with E-state index in [-0.39, 0.29) is 11.8 Å². The van der Waals surface area contributed by atoms with Crippen LogP contribution in [0.3, 0.4) is 0 Å². The Morgan fingerprint density at radius 1 is 1.61 bits per heavy atom. The Hall–Kier alpha value is -1.30. The first-order valence-corrected chi connectivity index (χ1v) is 6.63. The second-order valence-corrected chi connectivity index (χ2v) is 4.69. The predicted molar refractivity (Wildman–Crippen MR) is 67.7 cm³/mol. The van der Waals surface area contributed by atoms with E-state index in [1.807, 2.05) is 4.90 Å². The highest BCUT2D eigenvalue weighted by atomic mass is 35.5. The number of nitrogens with one attached hydrogen (secondary N) is 1. The number of rotatable bonds is 4. The summed E-state index contributed by atoms with van der Waals surface area (Å²) in [4.78, 5) is 13.6. The van der Waals surface area contributed by atoms with Crippen molar-refractivity contribution in [3.05, 3.63) is 5.89 Å². The monoisotopic (exact) mass is 272 g/mol. The maximum Gasteiger partial charge on any atom is 0.318 e. The van der Waals surface area contributed by atoms with Gasteiger partial charge in [-0.3, -0.25) is 4.79 Å². The summed E-state index contributed by atoms with van der Waals surface area (Å²) in [5.41, 5.74) is 0. The molecule has 1 aliphatic heterocycles. The van der Waals surface area contributed by atoms with Gasteiger partial charge in [0.15, 0.2) is 0 Å². The average molecular weight is 273 g/mol. The molecule has 0 saturated carbocycles. The number of aromatic nitrogens is 2. The van der Waals surface area contributed by atoms with E-state index in [0.717, 1.165) is 19.4 Å². The van der Waals surface area contributed by atoms with Crippen LogP contribution in [-0.4, -0.2) is 42.1 Å². The Morgan fingerprint density at radius 3 is 3.17 bits per heavy atom. The van der Waals surface area contributed by atoms with Gasteiger partial charge in [0.1, 0.15) is 0 Å². The van der Waals surface area contributed by atoms with Crippen LogP contribution in [-0.2, 0) is 11.2 Å². The summed E-state index contributed by atoms with van der Waals surface area (Å²) in [6.45, 7) is 1.47. The molecule has 0 aromatic carbocycles. The van der Waals surface area contributed by atoms with Crippen LogP contribution in [0.4, 0.5) is 6.01 Å². The molecule has 18 heavy (non-hydrogen) atoms. The van der Waals surface area contributed by atoms with E-state index in [9.17, 15) is 4.79 Å². The molecule has 1 aromatic heterocycles. The summed E-state index contributed by atoms with van der Waals surface area (Å²) in [5.74, 6) is 1.07. The molecule has 100 valence electrons. The fraction of sp³-hybridized carbons (Fsp3) is 0.727. The van der Waals surface area contributed by atoms with Crippen molar-refractivity contribution in [3.8, 4) is 0 Å². The molecule has 6 nitrogen and oxygen atoms in total. The number of anilines is 1. The zero-order valence-corrected chi connectivity index (χ0v) is 11.1. The van der Waals surface area contributed by atoms with Gasteiger partial charge in [-0.2, -0.15) is 0 Å². The molecule has 1 amide bonds. The second-order valence-electron chi connectivity index (χ2n) is 4.32. The third kappa shape index (κ3) is 2.93. The number of hydrogen-bond acceptors (Lipinski definition) is 5. The first kappa shape index (κ1) is 13.1. The third-order valence-corrected chi connectivity index (χ3v) is 3.26. The van der Waals surface area contributed by atoms with Crippen molar-refractivity contribution in [1.82, 2.24) is 15.5 Å². The highest BCUT2D eigenvalue weighted by molar-refractivity contribution is 6.17. The molecule has 1 N–H and O–H groups in total. The molecule has 0 bridgehead atoms. The van der Waals surface area contributed by atoms with Gasteiger partial charge in [-0.05, 0) is 12.8 Å². The standard InChI is InChI=1S/C11H17ClN4O2/c1-13-10(17)8-3-2-6-16(7-8)11-15-14-9(18-11)4-5-12/h8H,2-7H2,1H3,(H,13,17). The van der Waals surface area contributed by atoms with Crippen molar-refractivity contribution in [3.63, 3.8) is 0 Å². The molecule has 7 heteroatoms. The zero-order chi connectivity index (χ0) is 13.0. The lowest BCUT2D eigenvalue weighted by atomic mass is 9.97. The van der Waals surface area contributed by atoms with Crippen LogP contribution in [0.25, 0.3) is 0 Å². The molecule has 1 aromatic rings. The largest absolute Gasteiger partial charge is 0.408 e. The molecule has 0 spiro atoms. The number of alkyl halides is 1. The SMILES string of the molecule is CNC(=O)C1CCCN(c2nnc(CCCl)o2)C1. The Kier molecular flexibility index (Phi) is 4.41. The summed E-state index contributed by atoms with van der Waals surface area (Å²) in [6, 6.07) is 0.490. The molecule has 1 fully saturated rings. The highest BCUT2D eigenvalue weighted by Crippen LogP contribution is 2.22. The van der Waals surface area contributed by atoms with Gasteiger partial charge in [-0.15, -0.1) is 16.7 Å². The van der Waals surface area contributed by atoms with E-state index in [2.05, 4.69) is 15.5 Å². The number of carbonyl (C=O) groups is 1. The Balaban J connectivity index is 2.01.